The van der Waals surface area contributed by atoms with Crippen molar-refractivity contribution in [3.05, 3.63) is 17.5 Å². The fraction of sp³-hybridized carbons (Fsp3) is 0.765. The molecule has 8 nitrogen and oxygen atoms in total. The molecule has 26 heavy (non-hydrogen) atoms. The van der Waals surface area contributed by atoms with Gasteiger partial charge < -0.3 is 10.6 Å². The summed E-state index contributed by atoms with van der Waals surface area (Å²) in [6.07, 6.45) is 5.17. The third-order valence-corrected chi connectivity index (χ3v) is 7.30. The topological polar surface area (TPSA) is 96.3 Å². The number of amides is 1. The first-order chi connectivity index (χ1) is 12.4. The Bertz CT molecular complexity index is 797. The summed E-state index contributed by atoms with van der Waals surface area (Å²) in [6.45, 7) is 3.99. The Kier molecular flexibility index (Phi) is 4.56. The van der Waals surface area contributed by atoms with Gasteiger partial charge in [-0.1, -0.05) is 0 Å². The summed E-state index contributed by atoms with van der Waals surface area (Å²) in [7, 11) is -3.21. The molecular formula is C17H27N5O3S. The van der Waals surface area contributed by atoms with E-state index in [2.05, 4.69) is 15.7 Å². The quantitative estimate of drug-likeness (QED) is 0.769. The highest BCUT2D eigenvalue weighted by Gasteiger charge is 2.57. The molecule has 0 radical (unpaired) electrons. The van der Waals surface area contributed by atoms with Gasteiger partial charge in [0.25, 0.3) is 0 Å². The van der Waals surface area contributed by atoms with Crippen molar-refractivity contribution in [1.29, 1.82) is 0 Å². The molecule has 1 atom stereocenters. The van der Waals surface area contributed by atoms with E-state index in [1.165, 1.54) is 10.6 Å². The minimum absolute atomic E-state index is 0.132. The second-order valence-corrected chi connectivity index (χ2v) is 9.87. The standard InChI is InChI=1S/C17H27N5O3S/c1-26(24,25)21-7-2-8-22-14(12-21)9-13(20-22)11-19-16(23)15-10-17(15)3-5-18-6-4-17/h9,15,18H,2-8,10-12H2,1H3,(H,19,23)/t15-/m0/s1. The maximum atomic E-state index is 12.5. The Morgan fingerprint density at radius 1 is 1.38 bits per heavy atom. The molecule has 9 heteroatoms. The molecule has 0 unspecified atom stereocenters. The Hall–Kier alpha value is -1.45. The van der Waals surface area contributed by atoms with Crippen LogP contribution in [-0.4, -0.2) is 54.3 Å². The zero-order valence-electron chi connectivity index (χ0n) is 15.2. The number of hydrogen-bond acceptors (Lipinski definition) is 5. The second kappa shape index (κ2) is 6.61. The fourth-order valence-electron chi connectivity index (χ4n) is 4.36. The minimum Gasteiger partial charge on any atom is -0.350 e. The van der Waals surface area contributed by atoms with Gasteiger partial charge in [0.2, 0.25) is 15.9 Å². The van der Waals surface area contributed by atoms with Gasteiger partial charge in [-0.25, -0.2) is 8.42 Å². The maximum absolute atomic E-state index is 12.5. The lowest BCUT2D eigenvalue weighted by atomic mass is 9.92. The summed E-state index contributed by atoms with van der Waals surface area (Å²) in [5.74, 6) is 0.277. The van der Waals surface area contributed by atoms with E-state index >= 15 is 0 Å². The number of nitrogens with zero attached hydrogens (tertiary/aromatic N) is 3. The minimum atomic E-state index is -3.21. The average molecular weight is 382 g/mol. The van der Waals surface area contributed by atoms with Crippen LogP contribution in [0, 0.1) is 11.3 Å². The molecule has 1 saturated heterocycles. The Labute approximate surface area is 154 Å². The van der Waals surface area contributed by atoms with E-state index < -0.39 is 10.0 Å². The van der Waals surface area contributed by atoms with Crippen molar-refractivity contribution in [3.63, 3.8) is 0 Å². The molecule has 2 fully saturated rings. The number of sulfonamides is 1. The van der Waals surface area contributed by atoms with Crippen LogP contribution >= 0.6 is 0 Å². The normalized spacial score (nSPS) is 25.5. The highest BCUT2D eigenvalue weighted by atomic mass is 32.2. The zero-order chi connectivity index (χ0) is 18.4. The largest absolute Gasteiger partial charge is 0.350 e. The molecule has 4 rings (SSSR count). The van der Waals surface area contributed by atoms with Crippen molar-refractivity contribution in [2.45, 2.75) is 45.3 Å². The van der Waals surface area contributed by atoms with Crippen LogP contribution in [0.1, 0.15) is 37.1 Å². The van der Waals surface area contributed by atoms with Crippen molar-refractivity contribution in [1.82, 2.24) is 24.7 Å². The molecule has 1 aliphatic carbocycles. The van der Waals surface area contributed by atoms with E-state index in [0.29, 0.717) is 26.2 Å². The summed E-state index contributed by atoms with van der Waals surface area (Å²) in [6, 6.07) is 1.91. The third kappa shape index (κ3) is 3.52. The lowest BCUT2D eigenvalue weighted by molar-refractivity contribution is -0.123. The number of nitrogens with one attached hydrogen (secondary N) is 2. The number of hydrogen-bond donors (Lipinski definition) is 2. The predicted molar refractivity (Wildman–Crippen MR) is 96.6 cm³/mol. The molecule has 2 N–H and O–H groups in total. The molecule has 144 valence electrons. The smallest absolute Gasteiger partial charge is 0.224 e. The van der Waals surface area contributed by atoms with Gasteiger partial charge in [-0.15, -0.1) is 0 Å². The predicted octanol–water partition coefficient (Wildman–Crippen LogP) is 0.0543. The van der Waals surface area contributed by atoms with E-state index in [1.54, 1.807) is 0 Å². The van der Waals surface area contributed by atoms with Gasteiger partial charge in [0.1, 0.15) is 0 Å². The molecule has 1 spiro atoms. The highest BCUT2D eigenvalue weighted by molar-refractivity contribution is 7.88. The van der Waals surface area contributed by atoms with Crippen LogP contribution in [0.25, 0.3) is 0 Å². The van der Waals surface area contributed by atoms with Crippen molar-refractivity contribution in [2.75, 3.05) is 25.9 Å². The van der Waals surface area contributed by atoms with Crippen LogP contribution in [0.2, 0.25) is 0 Å². The fourth-order valence-corrected chi connectivity index (χ4v) is 5.19. The number of carbonyl (C=O) groups excluding carboxylic acids is 1. The SMILES string of the molecule is CS(=O)(=O)N1CCCn2nc(CNC(=O)[C@@H]3CC34CCNCC4)cc2C1. The summed E-state index contributed by atoms with van der Waals surface area (Å²) in [4.78, 5) is 12.5. The molecule has 1 saturated carbocycles. The van der Waals surface area contributed by atoms with Gasteiger partial charge >= 0.3 is 0 Å². The van der Waals surface area contributed by atoms with E-state index in [9.17, 15) is 13.2 Å². The van der Waals surface area contributed by atoms with Crippen LogP contribution in [0.3, 0.4) is 0 Å². The van der Waals surface area contributed by atoms with Gasteiger partial charge in [-0.2, -0.15) is 9.40 Å². The number of fused-ring (bicyclic) bond motifs is 1. The van der Waals surface area contributed by atoms with E-state index in [-0.39, 0.29) is 17.2 Å². The number of aromatic nitrogens is 2. The summed E-state index contributed by atoms with van der Waals surface area (Å²) < 4.78 is 27.0. The first-order valence-corrected chi connectivity index (χ1v) is 11.2. The van der Waals surface area contributed by atoms with Crippen LogP contribution in [0.4, 0.5) is 0 Å². The molecule has 0 bridgehead atoms. The van der Waals surface area contributed by atoms with Crippen LogP contribution in [0.5, 0.6) is 0 Å². The van der Waals surface area contributed by atoms with Gasteiger partial charge in [-0.3, -0.25) is 9.48 Å². The summed E-state index contributed by atoms with van der Waals surface area (Å²) in [5, 5.41) is 10.9. The van der Waals surface area contributed by atoms with Gasteiger partial charge in [0.15, 0.2) is 0 Å². The number of piperidine rings is 1. The first-order valence-electron chi connectivity index (χ1n) is 9.37. The summed E-state index contributed by atoms with van der Waals surface area (Å²) >= 11 is 0. The molecule has 1 aromatic rings. The molecule has 1 amide bonds. The lowest BCUT2D eigenvalue weighted by Gasteiger charge is -2.23. The zero-order valence-corrected chi connectivity index (χ0v) is 16.0. The molecule has 3 heterocycles. The number of rotatable bonds is 4. The average Bonchev–Trinajstić information content (AvgIpc) is 3.21. The molecular weight excluding hydrogens is 354 g/mol. The first kappa shape index (κ1) is 17.9. The Morgan fingerprint density at radius 2 is 2.15 bits per heavy atom. The maximum Gasteiger partial charge on any atom is 0.224 e. The van der Waals surface area contributed by atoms with Crippen molar-refractivity contribution < 1.29 is 13.2 Å². The monoisotopic (exact) mass is 381 g/mol. The van der Waals surface area contributed by atoms with E-state index in [4.69, 9.17) is 0 Å². The second-order valence-electron chi connectivity index (χ2n) is 7.89. The van der Waals surface area contributed by atoms with Gasteiger partial charge in [0.05, 0.1) is 30.7 Å². The van der Waals surface area contributed by atoms with Crippen LogP contribution in [-0.2, 0) is 34.5 Å². The molecule has 2 aliphatic heterocycles. The van der Waals surface area contributed by atoms with E-state index in [0.717, 1.165) is 50.2 Å². The summed E-state index contributed by atoms with van der Waals surface area (Å²) in [5.41, 5.74) is 1.92. The third-order valence-electron chi connectivity index (χ3n) is 6.05. The van der Waals surface area contributed by atoms with Crippen LogP contribution < -0.4 is 10.6 Å². The Morgan fingerprint density at radius 3 is 2.88 bits per heavy atom. The van der Waals surface area contributed by atoms with Crippen molar-refractivity contribution in [3.8, 4) is 0 Å². The van der Waals surface area contributed by atoms with Crippen molar-refractivity contribution >= 4 is 15.9 Å². The van der Waals surface area contributed by atoms with Crippen LogP contribution in [0.15, 0.2) is 6.07 Å². The Balaban J connectivity index is 1.36. The molecule has 3 aliphatic rings. The highest BCUT2D eigenvalue weighted by Crippen LogP contribution is 2.58. The number of carbonyl (C=O) groups is 1. The number of aryl methyl sites for hydroxylation is 1. The lowest BCUT2D eigenvalue weighted by Crippen LogP contribution is -2.33. The van der Waals surface area contributed by atoms with Gasteiger partial charge in [0, 0.05) is 19.0 Å². The molecule has 1 aromatic heterocycles. The van der Waals surface area contributed by atoms with E-state index in [1.807, 2.05) is 10.7 Å². The van der Waals surface area contributed by atoms with Crippen molar-refractivity contribution in [2.24, 2.45) is 11.3 Å². The van der Waals surface area contributed by atoms with Gasteiger partial charge in [-0.05, 0) is 50.3 Å². The molecule has 0 aromatic carbocycles.